The summed E-state index contributed by atoms with van der Waals surface area (Å²) in [6.07, 6.45) is 12.3. The fourth-order valence-corrected chi connectivity index (χ4v) is 8.72. The number of amides is 1. The second-order valence-electron chi connectivity index (χ2n) is 9.90. The van der Waals surface area contributed by atoms with Gasteiger partial charge in [-0.1, -0.05) is 0 Å². The van der Waals surface area contributed by atoms with E-state index < -0.39 is 0 Å². The maximum Gasteiger partial charge on any atom is 0.231 e. The Bertz CT molecular complexity index is 1070. The first-order valence-corrected chi connectivity index (χ1v) is 12.5. The summed E-state index contributed by atoms with van der Waals surface area (Å²) in [6.45, 7) is 0. The molecule has 0 unspecified atom stereocenters. The molecule has 2 atom stereocenters. The summed E-state index contributed by atoms with van der Waals surface area (Å²) in [5, 5.41) is 18.4. The van der Waals surface area contributed by atoms with Gasteiger partial charge < -0.3 is 5.32 Å². The number of anilines is 1. The number of halogens is 1. The third-order valence-electron chi connectivity index (χ3n) is 7.97. The molecular formula is C22H24BrN5OS. The minimum atomic E-state index is -0.361. The third-order valence-corrected chi connectivity index (χ3v) is 9.54. The van der Waals surface area contributed by atoms with Crippen molar-refractivity contribution < 1.29 is 4.79 Å². The number of nitrogens with zero attached hydrogens (tertiary/aromatic N) is 4. The van der Waals surface area contributed by atoms with E-state index in [9.17, 15) is 10.1 Å². The van der Waals surface area contributed by atoms with Crippen molar-refractivity contribution >= 4 is 38.2 Å². The molecule has 5 aliphatic rings. The standard InChI is InChI=1S/C22H24BrN5OS/c23-20-25-12-28(27-20)22-8-13-5-14(9-22)7-21(6-13,11-22)19(29)26-18-16(10-24)15-3-1-2-4-17(15)30-18/h12-14H,1-9,11H2,(H,26,29)/t13-,14-,21?,22?/m0/s1. The summed E-state index contributed by atoms with van der Waals surface area (Å²) in [7, 11) is 0. The normalized spacial score (nSPS) is 33.9. The number of rotatable bonds is 3. The van der Waals surface area contributed by atoms with Gasteiger partial charge in [0.05, 0.1) is 16.5 Å². The van der Waals surface area contributed by atoms with Gasteiger partial charge in [-0.25, -0.2) is 9.67 Å². The number of nitriles is 1. The highest BCUT2D eigenvalue weighted by Gasteiger charge is 2.61. The summed E-state index contributed by atoms with van der Waals surface area (Å²) in [5.41, 5.74) is 1.42. The van der Waals surface area contributed by atoms with E-state index in [0.717, 1.165) is 56.4 Å². The Morgan fingerprint density at radius 1 is 1.27 bits per heavy atom. The molecule has 6 nitrogen and oxygen atoms in total. The van der Waals surface area contributed by atoms with Crippen molar-refractivity contribution in [3.05, 3.63) is 27.1 Å². The number of aromatic nitrogens is 3. The van der Waals surface area contributed by atoms with Crippen LogP contribution >= 0.6 is 27.3 Å². The van der Waals surface area contributed by atoms with Gasteiger partial charge in [0, 0.05) is 4.88 Å². The van der Waals surface area contributed by atoms with Crippen LogP contribution in [-0.4, -0.2) is 20.7 Å². The molecule has 2 heterocycles. The Kier molecular flexibility index (Phi) is 4.20. The van der Waals surface area contributed by atoms with Crippen molar-refractivity contribution in [2.45, 2.75) is 69.7 Å². The van der Waals surface area contributed by atoms with Gasteiger partial charge in [0.25, 0.3) is 0 Å². The zero-order valence-electron chi connectivity index (χ0n) is 16.8. The molecule has 5 aliphatic carbocycles. The van der Waals surface area contributed by atoms with Crippen LogP contribution in [0.1, 0.15) is 67.4 Å². The minimum absolute atomic E-state index is 0.104. The molecule has 1 N–H and O–H groups in total. The van der Waals surface area contributed by atoms with Crippen molar-refractivity contribution in [2.75, 3.05) is 5.32 Å². The van der Waals surface area contributed by atoms with Gasteiger partial charge >= 0.3 is 0 Å². The van der Waals surface area contributed by atoms with E-state index in [1.165, 1.54) is 23.3 Å². The lowest BCUT2D eigenvalue weighted by molar-refractivity contribution is -0.150. The van der Waals surface area contributed by atoms with Gasteiger partial charge in [0.15, 0.2) is 0 Å². The molecule has 2 aromatic rings. The number of carbonyl (C=O) groups excluding carboxylic acids is 1. The highest BCUT2D eigenvalue weighted by atomic mass is 79.9. The zero-order valence-corrected chi connectivity index (χ0v) is 19.2. The van der Waals surface area contributed by atoms with Crippen LogP contribution in [0.4, 0.5) is 5.00 Å². The van der Waals surface area contributed by atoms with Crippen molar-refractivity contribution in [3.8, 4) is 6.07 Å². The molecule has 4 saturated carbocycles. The maximum atomic E-state index is 13.8. The summed E-state index contributed by atoms with van der Waals surface area (Å²) in [5.74, 6) is 1.24. The Balaban J connectivity index is 1.33. The van der Waals surface area contributed by atoms with E-state index in [2.05, 4.69) is 37.4 Å². The molecule has 30 heavy (non-hydrogen) atoms. The van der Waals surface area contributed by atoms with Crippen LogP contribution in [0.3, 0.4) is 0 Å². The van der Waals surface area contributed by atoms with Gasteiger partial charge in [-0.15, -0.1) is 16.4 Å². The second kappa shape index (κ2) is 6.64. The van der Waals surface area contributed by atoms with Crippen LogP contribution in [0, 0.1) is 28.6 Å². The van der Waals surface area contributed by atoms with Crippen molar-refractivity contribution in [2.24, 2.45) is 17.3 Å². The number of thiophene rings is 1. The largest absolute Gasteiger partial charge is 0.316 e. The first-order valence-electron chi connectivity index (χ1n) is 10.9. The molecule has 7 rings (SSSR count). The first-order chi connectivity index (χ1) is 14.5. The minimum Gasteiger partial charge on any atom is -0.316 e. The van der Waals surface area contributed by atoms with Crippen molar-refractivity contribution in [1.82, 2.24) is 14.8 Å². The number of aryl methyl sites for hydroxylation is 1. The monoisotopic (exact) mass is 485 g/mol. The van der Waals surface area contributed by atoms with Crippen LogP contribution in [0.15, 0.2) is 11.1 Å². The van der Waals surface area contributed by atoms with Crippen LogP contribution in [0.5, 0.6) is 0 Å². The van der Waals surface area contributed by atoms with E-state index in [4.69, 9.17) is 0 Å². The van der Waals surface area contributed by atoms with E-state index >= 15 is 0 Å². The van der Waals surface area contributed by atoms with E-state index in [1.54, 1.807) is 11.3 Å². The Morgan fingerprint density at radius 2 is 2.03 bits per heavy atom. The van der Waals surface area contributed by atoms with Gasteiger partial charge in [0.1, 0.15) is 17.4 Å². The Labute approximate surface area is 188 Å². The molecule has 4 fully saturated rings. The van der Waals surface area contributed by atoms with E-state index in [0.29, 0.717) is 22.1 Å². The highest BCUT2D eigenvalue weighted by molar-refractivity contribution is 9.10. The number of carbonyl (C=O) groups is 1. The van der Waals surface area contributed by atoms with Crippen molar-refractivity contribution in [1.29, 1.82) is 5.26 Å². The summed E-state index contributed by atoms with van der Waals surface area (Å²) < 4.78 is 2.64. The number of hydrogen-bond acceptors (Lipinski definition) is 5. The Morgan fingerprint density at radius 3 is 2.73 bits per heavy atom. The van der Waals surface area contributed by atoms with Gasteiger partial charge in [-0.3, -0.25) is 4.79 Å². The van der Waals surface area contributed by atoms with Gasteiger partial charge in [-0.05, 0) is 97.5 Å². The molecule has 0 saturated heterocycles. The van der Waals surface area contributed by atoms with Gasteiger partial charge in [-0.2, -0.15) is 5.26 Å². The SMILES string of the molecule is N#Cc1c(NC(=O)C23C[C@@H]4C[C@@H](C2)CC(n2cnc(Br)n2)(C4)C3)sc2c1CCCC2. The number of hydrogen-bond donors (Lipinski definition) is 1. The fraction of sp³-hybridized carbons (Fsp3) is 0.636. The lowest BCUT2D eigenvalue weighted by atomic mass is 9.46. The molecule has 0 radical (unpaired) electrons. The quantitative estimate of drug-likeness (QED) is 0.677. The predicted octanol–water partition coefficient (Wildman–Crippen LogP) is 4.79. The highest BCUT2D eigenvalue weighted by Crippen LogP contribution is 2.64. The smallest absolute Gasteiger partial charge is 0.231 e. The maximum absolute atomic E-state index is 13.8. The number of nitrogens with one attached hydrogen (secondary N) is 1. The molecular weight excluding hydrogens is 462 g/mol. The van der Waals surface area contributed by atoms with Crippen LogP contribution in [-0.2, 0) is 23.2 Å². The molecule has 0 aromatic carbocycles. The predicted molar refractivity (Wildman–Crippen MR) is 117 cm³/mol. The summed E-state index contributed by atoms with van der Waals surface area (Å²) >= 11 is 5.02. The molecule has 0 spiro atoms. The zero-order chi connectivity index (χ0) is 20.5. The van der Waals surface area contributed by atoms with Crippen molar-refractivity contribution in [3.63, 3.8) is 0 Å². The third kappa shape index (κ3) is 2.74. The van der Waals surface area contributed by atoms with E-state index in [-0.39, 0.29) is 16.9 Å². The summed E-state index contributed by atoms with van der Waals surface area (Å²) in [4.78, 5) is 19.4. The van der Waals surface area contributed by atoms with E-state index in [1.807, 2.05) is 11.0 Å². The molecule has 1 amide bonds. The molecule has 2 aromatic heterocycles. The molecule has 8 heteroatoms. The lowest BCUT2D eigenvalue weighted by Crippen LogP contribution is -2.60. The molecule has 4 bridgehead atoms. The molecule has 0 aliphatic heterocycles. The lowest BCUT2D eigenvalue weighted by Gasteiger charge is -2.60. The Hall–Kier alpha value is -1.72. The second-order valence-corrected chi connectivity index (χ2v) is 11.7. The van der Waals surface area contributed by atoms with Crippen LogP contribution in [0.25, 0.3) is 0 Å². The average Bonchev–Trinajstić information content (AvgIpc) is 3.30. The number of fused-ring (bicyclic) bond motifs is 1. The average molecular weight is 486 g/mol. The van der Waals surface area contributed by atoms with Crippen LogP contribution < -0.4 is 5.32 Å². The fourth-order valence-electron chi connectivity index (χ4n) is 7.23. The molecule has 156 valence electrons. The topological polar surface area (TPSA) is 83.6 Å². The van der Waals surface area contributed by atoms with Gasteiger partial charge in [0.2, 0.25) is 10.6 Å². The summed E-state index contributed by atoms with van der Waals surface area (Å²) in [6, 6.07) is 2.39. The van der Waals surface area contributed by atoms with Crippen LogP contribution in [0.2, 0.25) is 0 Å². The first kappa shape index (κ1) is 19.0.